The molecule has 0 saturated carbocycles. The average Bonchev–Trinajstić information content (AvgIpc) is 2.61. The van der Waals surface area contributed by atoms with Crippen molar-refractivity contribution in [1.29, 1.82) is 0 Å². The summed E-state index contributed by atoms with van der Waals surface area (Å²) >= 11 is 0. The number of likely N-dealkylation sites (N-methyl/N-ethyl adjacent to an activating group) is 1. The average molecular weight is 289 g/mol. The SMILES string of the molecule is Cc1c(C)n(C(CC(C)C)CN(C)C)c2ncnc(N)c12. The maximum Gasteiger partial charge on any atom is 0.146 e. The highest BCUT2D eigenvalue weighted by Gasteiger charge is 2.22. The number of nitrogen functional groups attached to an aromatic ring is 1. The van der Waals surface area contributed by atoms with Gasteiger partial charge in [-0.05, 0) is 45.8 Å². The molecule has 0 amide bonds. The molecule has 0 aliphatic rings. The molecule has 2 aromatic rings. The van der Waals surface area contributed by atoms with Gasteiger partial charge in [0.2, 0.25) is 0 Å². The Kier molecular flexibility index (Phi) is 4.52. The lowest BCUT2D eigenvalue weighted by Gasteiger charge is -2.26. The van der Waals surface area contributed by atoms with E-state index in [1.54, 1.807) is 6.33 Å². The van der Waals surface area contributed by atoms with Crippen molar-refractivity contribution in [2.24, 2.45) is 5.92 Å². The number of anilines is 1. The molecule has 0 aromatic carbocycles. The summed E-state index contributed by atoms with van der Waals surface area (Å²) in [6, 6.07) is 0.394. The van der Waals surface area contributed by atoms with Gasteiger partial charge in [0, 0.05) is 18.3 Å². The van der Waals surface area contributed by atoms with E-state index < -0.39 is 0 Å². The van der Waals surface area contributed by atoms with Crippen LogP contribution in [0.2, 0.25) is 0 Å². The highest BCUT2D eigenvalue weighted by Crippen LogP contribution is 2.32. The van der Waals surface area contributed by atoms with Gasteiger partial charge in [0.1, 0.15) is 17.8 Å². The fraction of sp³-hybridized carbons (Fsp3) is 0.625. The molecule has 21 heavy (non-hydrogen) atoms. The number of nitrogens with two attached hydrogens (primary N) is 1. The van der Waals surface area contributed by atoms with E-state index in [9.17, 15) is 0 Å². The van der Waals surface area contributed by atoms with E-state index in [2.05, 4.69) is 61.2 Å². The quantitative estimate of drug-likeness (QED) is 0.919. The van der Waals surface area contributed by atoms with E-state index in [-0.39, 0.29) is 0 Å². The highest BCUT2D eigenvalue weighted by atomic mass is 15.2. The number of aryl methyl sites for hydroxylation is 1. The van der Waals surface area contributed by atoms with Crippen LogP contribution in [0.3, 0.4) is 0 Å². The van der Waals surface area contributed by atoms with Crippen LogP contribution in [0.15, 0.2) is 6.33 Å². The molecule has 2 N–H and O–H groups in total. The van der Waals surface area contributed by atoms with Gasteiger partial charge in [-0.25, -0.2) is 9.97 Å². The van der Waals surface area contributed by atoms with Crippen molar-refractivity contribution in [2.75, 3.05) is 26.4 Å². The molecule has 2 rings (SSSR count). The van der Waals surface area contributed by atoms with Crippen LogP contribution in [0, 0.1) is 19.8 Å². The van der Waals surface area contributed by atoms with Gasteiger partial charge in [-0.3, -0.25) is 0 Å². The standard InChI is InChI=1S/C16H27N5/c1-10(2)7-13(8-20(5)6)21-12(4)11(3)14-15(17)18-9-19-16(14)21/h9-10,13H,7-8H2,1-6H3,(H2,17,18,19). The number of hydrogen-bond donors (Lipinski definition) is 1. The molecule has 1 atom stereocenters. The Morgan fingerprint density at radius 3 is 2.48 bits per heavy atom. The third-order valence-electron chi connectivity index (χ3n) is 4.05. The lowest BCUT2D eigenvalue weighted by atomic mass is 10.0. The molecule has 0 fully saturated rings. The first-order chi connectivity index (χ1) is 9.82. The summed E-state index contributed by atoms with van der Waals surface area (Å²) in [7, 11) is 4.23. The molecule has 116 valence electrons. The van der Waals surface area contributed by atoms with Gasteiger partial charge in [0.05, 0.1) is 5.39 Å². The van der Waals surface area contributed by atoms with Crippen LogP contribution < -0.4 is 5.73 Å². The number of aromatic nitrogens is 3. The molecule has 0 aliphatic heterocycles. The van der Waals surface area contributed by atoms with Gasteiger partial charge in [-0.2, -0.15) is 0 Å². The lowest BCUT2D eigenvalue weighted by Crippen LogP contribution is -2.26. The van der Waals surface area contributed by atoms with Crippen LogP contribution in [0.4, 0.5) is 5.82 Å². The normalized spacial score (nSPS) is 13.5. The first kappa shape index (κ1) is 15.8. The summed E-state index contributed by atoms with van der Waals surface area (Å²) in [5.74, 6) is 1.21. The van der Waals surface area contributed by atoms with Crippen LogP contribution in [-0.4, -0.2) is 40.1 Å². The molecule has 0 spiro atoms. The van der Waals surface area contributed by atoms with Crippen LogP contribution in [-0.2, 0) is 0 Å². The molecule has 5 nitrogen and oxygen atoms in total. The maximum absolute atomic E-state index is 6.07. The highest BCUT2D eigenvalue weighted by molar-refractivity contribution is 5.90. The molecule has 0 radical (unpaired) electrons. The van der Waals surface area contributed by atoms with Crippen molar-refractivity contribution < 1.29 is 0 Å². The largest absolute Gasteiger partial charge is 0.383 e. The van der Waals surface area contributed by atoms with Gasteiger partial charge in [-0.1, -0.05) is 13.8 Å². The number of fused-ring (bicyclic) bond motifs is 1. The Morgan fingerprint density at radius 1 is 1.24 bits per heavy atom. The van der Waals surface area contributed by atoms with Crippen LogP contribution in [0.25, 0.3) is 11.0 Å². The molecule has 0 saturated heterocycles. The maximum atomic E-state index is 6.07. The van der Waals surface area contributed by atoms with Crippen molar-refractivity contribution in [3.63, 3.8) is 0 Å². The Bertz CT molecular complexity index is 617. The fourth-order valence-corrected chi connectivity index (χ4v) is 3.13. The second kappa shape index (κ2) is 6.02. The summed E-state index contributed by atoms with van der Waals surface area (Å²) in [5, 5.41) is 1.00. The van der Waals surface area contributed by atoms with Gasteiger partial charge in [0.25, 0.3) is 0 Å². The van der Waals surface area contributed by atoms with Crippen molar-refractivity contribution in [2.45, 2.75) is 40.2 Å². The first-order valence-electron chi connectivity index (χ1n) is 7.55. The zero-order chi connectivity index (χ0) is 15.7. The Balaban J connectivity index is 2.62. The number of nitrogens with zero attached hydrogens (tertiary/aromatic N) is 4. The van der Waals surface area contributed by atoms with E-state index >= 15 is 0 Å². The fourth-order valence-electron chi connectivity index (χ4n) is 3.13. The monoisotopic (exact) mass is 289 g/mol. The summed E-state index contributed by atoms with van der Waals surface area (Å²) in [6.07, 6.45) is 2.68. The van der Waals surface area contributed by atoms with Crippen molar-refractivity contribution in [1.82, 2.24) is 19.4 Å². The van der Waals surface area contributed by atoms with Gasteiger partial charge < -0.3 is 15.2 Å². The van der Waals surface area contributed by atoms with E-state index in [1.165, 1.54) is 11.3 Å². The van der Waals surface area contributed by atoms with Crippen molar-refractivity contribution in [3.8, 4) is 0 Å². The Morgan fingerprint density at radius 2 is 1.90 bits per heavy atom. The summed E-state index contributed by atoms with van der Waals surface area (Å²) in [4.78, 5) is 10.9. The summed E-state index contributed by atoms with van der Waals surface area (Å²) in [6.45, 7) is 9.78. The zero-order valence-electron chi connectivity index (χ0n) is 14.0. The lowest BCUT2D eigenvalue weighted by molar-refractivity contribution is 0.290. The molecule has 2 heterocycles. The Labute approximate surface area is 127 Å². The van der Waals surface area contributed by atoms with E-state index in [0.717, 1.165) is 24.0 Å². The minimum Gasteiger partial charge on any atom is -0.383 e. The Hall–Kier alpha value is -1.62. The van der Waals surface area contributed by atoms with Gasteiger partial charge in [-0.15, -0.1) is 0 Å². The van der Waals surface area contributed by atoms with Gasteiger partial charge in [0.15, 0.2) is 0 Å². The first-order valence-corrected chi connectivity index (χ1v) is 7.55. The molecular weight excluding hydrogens is 262 g/mol. The topological polar surface area (TPSA) is 60.0 Å². The molecule has 1 unspecified atom stereocenters. The third kappa shape index (κ3) is 3.02. The predicted octanol–water partition coefficient (Wildman–Crippen LogP) is 2.78. The van der Waals surface area contributed by atoms with E-state index in [1.807, 2.05) is 0 Å². The molecule has 2 aromatic heterocycles. The second-order valence-electron chi connectivity index (χ2n) is 6.58. The molecule has 0 bridgehead atoms. The van der Waals surface area contributed by atoms with Crippen LogP contribution >= 0.6 is 0 Å². The van der Waals surface area contributed by atoms with E-state index in [0.29, 0.717) is 17.8 Å². The summed E-state index contributed by atoms with van der Waals surface area (Å²) < 4.78 is 2.35. The smallest absolute Gasteiger partial charge is 0.146 e. The van der Waals surface area contributed by atoms with Gasteiger partial charge >= 0.3 is 0 Å². The van der Waals surface area contributed by atoms with E-state index in [4.69, 9.17) is 5.73 Å². The van der Waals surface area contributed by atoms with Crippen molar-refractivity contribution >= 4 is 16.9 Å². The van der Waals surface area contributed by atoms with Crippen molar-refractivity contribution in [3.05, 3.63) is 17.6 Å². The minimum atomic E-state index is 0.394. The van der Waals surface area contributed by atoms with Crippen LogP contribution in [0.1, 0.15) is 37.6 Å². The summed E-state index contributed by atoms with van der Waals surface area (Å²) in [5.41, 5.74) is 9.46. The molecule has 5 heteroatoms. The number of rotatable bonds is 5. The third-order valence-corrected chi connectivity index (χ3v) is 4.05. The molecular formula is C16H27N5. The predicted molar refractivity (Wildman–Crippen MR) is 88.5 cm³/mol. The van der Waals surface area contributed by atoms with Crippen LogP contribution in [0.5, 0.6) is 0 Å². The minimum absolute atomic E-state index is 0.394. The zero-order valence-corrected chi connectivity index (χ0v) is 14.0. The second-order valence-corrected chi connectivity index (χ2v) is 6.58. The molecule has 0 aliphatic carbocycles. The number of hydrogen-bond acceptors (Lipinski definition) is 4.